The summed E-state index contributed by atoms with van der Waals surface area (Å²) in [6.45, 7) is 7.11. The van der Waals surface area contributed by atoms with Crippen molar-refractivity contribution in [1.82, 2.24) is 0 Å². The first-order valence-corrected chi connectivity index (χ1v) is 5.59. The Bertz CT molecular complexity index is 349. The van der Waals surface area contributed by atoms with Crippen LogP contribution in [-0.4, -0.2) is 18.8 Å². The van der Waals surface area contributed by atoms with Gasteiger partial charge in [-0.3, -0.25) is 0 Å². The lowest BCUT2D eigenvalue weighted by atomic mass is 10.2. The maximum atomic E-state index is 12.9. The Morgan fingerprint density at radius 1 is 1.38 bits per heavy atom. The molecule has 0 spiro atoms. The summed E-state index contributed by atoms with van der Waals surface area (Å²) in [4.78, 5) is 0. The largest absolute Gasteiger partial charge is 0.381 e. The molecule has 1 rings (SSSR count). The zero-order valence-corrected chi connectivity index (χ0v) is 10.6. The Kier molecular flexibility index (Phi) is 4.56. The second-order valence-corrected chi connectivity index (χ2v) is 4.92. The molecule has 1 N–H and O–H groups in total. The molecule has 0 saturated heterocycles. The summed E-state index contributed by atoms with van der Waals surface area (Å²) in [6.07, 6.45) is 0. The van der Waals surface area contributed by atoms with Gasteiger partial charge < -0.3 is 10.1 Å². The summed E-state index contributed by atoms with van der Waals surface area (Å²) in [5, 5.41) is 3.54. The van der Waals surface area contributed by atoms with Gasteiger partial charge in [-0.05, 0) is 39.0 Å². The number of rotatable bonds is 4. The van der Waals surface area contributed by atoms with Crippen LogP contribution in [0, 0.1) is 5.82 Å². The van der Waals surface area contributed by atoms with Crippen molar-refractivity contribution < 1.29 is 9.13 Å². The molecule has 0 aliphatic heterocycles. The van der Waals surface area contributed by atoms with Gasteiger partial charge in [0, 0.05) is 6.54 Å². The van der Waals surface area contributed by atoms with Gasteiger partial charge in [0.1, 0.15) is 5.82 Å². The van der Waals surface area contributed by atoms with Crippen LogP contribution in [0.1, 0.15) is 20.8 Å². The van der Waals surface area contributed by atoms with Crippen molar-refractivity contribution >= 4 is 17.3 Å². The van der Waals surface area contributed by atoms with Gasteiger partial charge in [0.05, 0.1) is 22.9 Å². The van der Waals surface area contributed by atoms with Gasteiger partial charge in [0.25, 0.3) is 0 Å². The van der Waals surface area contributed by atoms with Gasteiger partial charge in [-0.1, -0.05) is 11.6 Å². The Balaban J connectivity index is 2.40. The molecule has 90 valence electrons. The molecule has 0 heterocycles. The Morgan fingerprint density at radius 2 is 2.06 bits per heavy atom. The summed E-state index contributed by atoms with van der Waals surface area (Å²) in [5.74, 6) is -0.302. The molecular formula is C12H17ClFNO. The fraction of sp³-hybridized carbons (Fsp3) is 0.500. The van der Waals surface area contributed by atoms with Crippen LogP contribution in [0.3, 0.4) is 0 Å². The summed E-state index contributed by atoms with van der Waals surface area (Å²) in [6, 6.07) is 4.24. The van der Waals surface area contributed by atoms with E-state index in [4.69, 9.17) is 16.3 Å². The number of benzene rings is 1. The van der Waals surface area contributed by atoms with Crippen molar-refractivity contribution in [2.24, 2.45) is 0 Å². The minimum absolute atomic E-state index is 0.159. The molecule has 0 atom stereocenters. The normalized spacial score (nSPS) is 11.6. The van der Waals surface area contributed by atoms with Crippen LogP contribution >= 0.6 is 11.6 Å². The van der Waals surface area contributed by atoms with Crippen LogP contribution in [-0.2, 0) is 4.74 Å². The van der Waals surface area contributed by atoms with Crippen LogP contribution in [0.15, 0.2) is 18.2 Å². The van der Waals surface area contributed by atoms with Crippen LogP contribution in [0.2, 0.25) is 5.02 Å². The standard InChI is InChI=1S/C12H17ClFNO/c1-12(2,3)16-7-6-15-11-8-9(14)4-5-10(11)13/h4-5,8,15H,6-7H2,1-3H3. The van der Waals surface area contributed by atoms with E-state index in [0.717, 1.165) is 0 Å². The third-order valence-corrected chi connectivity index (χ3v) is 2.21. The van der Waals surface area contributed by atoms with Gasteiger partial charge >= 0.3 is 0 Å². The number of hydrogen-bond donors (Lipinski definition) is 1. The smallest absolute Gasteiger partial charge is 0.125 e. The number of halogens is 2. The van der Waals surface area contributed by atoms with Crippen molar-refractivity contribution in [2.75, 3.05) is 18.5 Å². The molecule has 16 heavy (non-hydrogen) atoms. The lowest BCUT2D eigenvalue weighted by Crippen LogP contribution is -2.23. The zero-order chi connectivity index (χ0) is 12.2. The summed E-state index contributed by atoms with van der Waals surface area (Å²) >= 11 is 5.90. The van der Waals surface area contributed by atoms with E-state index < -0.39 is 0 Å². The molecule has 1 aromatic carbocycles. The van der Waals surface area contributed by atoms with Crippen molar-refractivity contribution in [3.8, 4) is 0 Å². The van der Waals surface area contributed by atoms with E-state index in [2.05, 4.69) is 5.32 Å². The quantitative estimate of drug-likeness (QED) is 0.817. The minimum Gasteiger partial charge on any atom is -0.381 e. The molecule has 0 aliphatic carbocycles. The maximum Gasteiger partial charge on any atom is 0.125 e. The molecule has 0 bridgehead atoms. The average Bonchev–Trinajstić information content (AvgIpc) is 2.16. The van der Waals surface area contributed by atoms with Crippen LogP contribution in [0.4, 0.5) is 10.1 Å². The SMILES string of the molecule is CC(C)(C)OCCNc1cc(F)ccc1Cl. The lowest BCUT2D eigenvalue weighted by molar-refractivity contribution is 0.00333. The molecule has 0 saturated carbocycles. The number of nitrogens with one attached hydrogen (secondary N) is 1. The number of ether oxygens (including phenoxy) is 1. The molecule has 0 aliphatic rings. The highest BCUT2D eigenvalue weighted by Crippen LogP contribution is 2.22. The third-order valence-electron chi connectivity index (χ3n) is 1.88. The molecule has 1 aromatic rings. The van der Waals surface area contributed by atoms with E-state index in [1.807, 2.05) is 20.8 Å². The van der Waals surface area contributed by atoms with E-state index >= 15 is 0 Å². The molecular weight excluding hydrogens is 229 g/mol. The molecule has 2 nitrogen and oxygen atoms in total. The van der Waals surface area contributed by atoms with Gasteiger partial charge in [0.15, 0.2) is 0 Å². The minimum atomic E-state index is -0.302. The van der Waals surface area contributed by atoms with Gasteiger partial charge in [-0.2, -0.15) is 0 Å². The molecule has 4 heteroatoms. The van der Waals surface area contributed by atoms with Crippen molar-refractivity contribution in [2.45, 2.75) is 26.4 Å². The monoisotopic (exact) mass is 245 g/mol. The first kappa shape index (κ1) is 13.3. The second kappa shape index (κ2) is 5.51. The molecule has 0 radical (unpaired) electrons. The topological polar surface area (TPSA) is 21.3 Å². The molecule has 0 aromatic heterocycles. The summed E-state index contributed by atoms with van der Waals surface area (Å²) in [5.41, 5.74) is 0.437. The van der Waals surface area contributed by atoms with E-state index in [9.17, 15) is 4.39 Å². The summed E-state index contributed by atoms with van der Waals surface area (Å²) in [7, 11) is 0. The van der Waals surface area contributed by atoms with Crippen LogP contribution < -0.4 is 5.32 Å². The highest BCUT2D eigenvalue weighted by molar-refractivity contribution is 6.33. The number of anilines is 1. The van der Waals surface area contributed by atoms with Crippen LogP contribution in [0.5, 0.6) is 0 Å². The second-order valence-electron chi connectivity index (χ2n) is 4.51. The predicted octanol–water partition coefficient (Wildman–Crippen LogP) is 3.71. The third kappa shape index (κ3) is 4.81. The Hall–Kier alpha value is -0.800. The molecule has 0 fully saturated rings. The first-order chi connectivity index (χ1) is 7.38. The first-order valence-electron chi connectivity index (χ1n) is 5.21. The van der Waals surface area contributed by atoms with Crippen molar-refractivity contribution in [1.29, 1.82) is 0 Å². The zero-order valence-electron chi connectivity index (χ0n) is 9.81. The predicted molar refractivity (Wildman–Crippen MR) is 65.6 cm³/mol. The molecule has 0 amide bonds. The maximum absolute atomic E-state index is 12.9. The number of hydrogen-bond acceptors (Lipinski definition) is 2. The average molecular weight is 246 g/mol. The highest BCUT2D eigenvalue weighted by atomic mass is 35.5. The van der Waals surface area contributed by atoms with E-state index in [-0.39, 0.29) is 11.4 Å². The van der Waals surface area contributed by atoms with Gasteiger partial charge in [-0.25, -0.2) is 4.39 Å². The van der Waals surface area contributed by atoms with E-state index in [0.29, 0.717) is 23.9 Å². The Labute approximate surface area is 101 Å². The van der Waals surface area contributed by atoms with Crippen molar-refractivity contribution in [3.05, 3.63) is 29.0 Å². The fourth-order valence-electron chi connectivity index (χ4n) is 1.18. The van der Waals surface area contributed by atoms with Crippen LogP contribution in [0.25, 0.3) is 0 Å². The van der Waals surface area contributed by atoms with Gasteiger partial charge in [0.2, 0.25) is 0 Å². The van der Waals surface area contributed by atoms with Gasteiger partial charge in [-0.15, -0.1) is 0 Å². The van der Waals surface area contributed by atoms with E-state index in [1.54, 1.807) is 0 Å². The molecule has 0 unspecified atom stereocenters. The van der Waals surface area contributed by atoms with E-state index in [1.165, 1.54) is 18.2 Å². The lowest BCUT2D eigenvalue weighted by Gasteiger charge is -2.19. The summed E-state index contributed by atoms with van der Waals surface area (Å²) < 4.78 is 18.4. The highest BCUT2D eigenvalue weighted by Gasteiger charge is 2.09. The van der Waals surface area contributed by atoms with Crippen molar-refractivity contribution in [3.63, 3.8) is 0 Å². The Morgan fingerprint density at radius 3 is 2.69 bits per heavy atom. The fourth-order valence-corrected chi connectivity index (χ4v) is 1.36.